The predicted molar refractivity (Wildman–Crippen MR) is 67.1 cm³/mol. The lowest BCUT2D eigenvalue weighted by Crippen LogP contribution is -2.13. The van der Waals surface area contributed by atoms with Gasteiger partial charge in [0.1, 0.15) is 5.52 Å². The van der Waals surface area contributed by atoms with E-state index in [0.717, 1.165) is 29.9 Å². The smallest absolute Gasteiger partial charge is 0.152 e. The Kier molecular flexibility index (Phi) is 3.58. The van der Waals surface area contributed by atoms with Gasteiger partial charge in [-0.25, -0.2) is 9.50 Å². The van der Waals surface area contributed by atoms with Crippen molar-refractivity contribution in [3.05, 3.63) is 24.2 Å². The molecule has 2 N–H and O–H groups in total. The van der Waals surface area contributed by atoms with Crippen LogP contribution in [0.2, 0.25) is 0 Å². The van der Waals surface area contributed by atoms with Gasteiger partial charge in [0.25, 0.3) is 0 Å². The maximum Gasteiger partial charge on any atom is 0.152 e. The minimum Gasteiger partial charge on any atom is -0.393 e. The molecule has 1 unspecified atom stereocenters. The number of aromatic nitrogens is 3. The molecule has 0 aliphatic carbocycles. The van der Waals surface area contributed by atoms with Crippen molar-refractivity contribution in [2.75, 3.05) is 11.9 Å². The normalized spacial score (nSPS) is 12.9. The highest BCUT2D eigenvalue weighted by Gasteiger charge is 2.05. The van der Waals surface area contributed by atoms with Gasteiger partial charge < -0.3 is 10.4 Å². The van der Waals surface area contributed by atoms with E-state index >= 15 is 0 Å². The number of fused-ring (bicyclic) bond motifs is 1. The van der Waals surface area contributed by atoms with Gasteiger partial charge in [0.15, 0.2) is 5.82 Å². The third kappa shape index (κ3) is 2.74. The fraction of sp³-hybridized carbons (Fsp3) is 0.500. The van der Waals surface area contributed by atoms with Gasteiger partial charge in [0, 0.05) is 18.9 Å². The van der Waals surface area contributed by atoms with Crippen LogP contribution >= 0.6 is 0 Å². The van der Waals surface area contributed by atoms with E-state index in [4.69, 9.17) is 0 Å². The van der Waals surface area contributed by atoms with Crippen LogP contribution in [0.15, 0.2) is 18.5 Å². The molecule has 0 aromatic carbocycles. The first-order chi connectivity index (χ1) is 8.20. The van der Waals surface area contributed by atoms with E-state index in [0.29, 0.717) is 6.54 Å². The monoisotopic (exact) mass is 234 g/mol. The van der Waals surface area contributed by atoms with Crippen molar-refractivity contribution < 1.29 is 5.11 Å². The van der Waals surface area contributed by atoms with Crippen molar-refractivity contribution in [3.63, 3.8) is 0 Å². The van der Waals surface area contributed by atoms with Crippen molar-refractivity contribution in [2.45, 2.75) is 32.8 Å². The number of aliphatic hydroxyl groups excluding tert-OH is 1. The van der Waals surface area contributed by atoms with E-state index < -0.39 is 0 Å². The second-order valence-electron chi connectivity index (χ2n) is 4.17. The molecule has 5 nitrogen and oxygen atoms in total. The Hall–Kier alpha value is -1.62. The first-order valence-corrected chi connectivity index (χ1v) is 5.93. The van der Waals surface area contributed by atoms with E-state index in [2.05, 4.69) is 15.4 Å². The van der Waals surface area contributed by atoms with Gasteiger partial charge in [-0.15, -0.1) is 0 Å². The number of nitrogens with one attached hydrogen (secondary N) is 1. The summed E-state index contributed by atoms with van der Waals surface area (Å²) in [6.45, 7) is 4.65. The van der Waals surface area contributed by atoms with E-state index in [-0.39, 0.29) is 6.10 Å². The lowest BCUT2D eigenvalue weighted by Gasteiger charge is -2.09. The van der Waals surface area contributed by atoms with E-state index in [1.165, 1.54) is 0 Å². The molecule has 0 radical (unpaired) electrons. The zero-order valence-corrected chi connectivity index (χ0v) is 10.2. The number of nitrogens with zero attached hydrogens (tertiary/aromatic N) is 3. The quantitative estimate of drug-likeness (QED) is 0.825. The molecule has 0 saturated carbocycles. The number of hydrogen-bond donors (Lipinski definition) is 2. The lowest BCUT2D eigenvalue weighted by atomic mass is 10.2. The van der Waals surface area contributed by atoms with Crippen LogP contribution in [0.25, 0.3) is 5.52 Å². The van der Waals surface area contributed by atoms with E-state index in [1.807, 2.05) is 26.1 Å². The van der Waals surface area contributed by atoms with Crippen molar-refractivity contribution >= 4 is 11.3 Å². The molecular formula is C12H18N4O. The van der Waals surface area contributed by atoms with Gasteiger partial charge in [-0.3, -0.25) is 0 Å². The summed E-state index contributed by atoms with van der Waals surface area (Å²) in [6.07, 6.45) is 4.82. The molecule has 17 heavy (non-hydrogen) atoms. The third-order valence-electron chi connectivity index (χ3n) is 2.75. The Morgan fingerprint density at radius 1 is 1.53 bits per heavy atom. The first kappa shape index (κ1) is 11.9. The van der Waals surface area contributed by atoms with Crippen molar-refractivity contribution in [1.29, 1.82) is 0 Å². The largest absolute Gasteiger partial charge is 0.393 e. The van der Waals surface area contributed by atoms with Crippen molar-refractivity contribution in [3.8, 4) is 0 Å². The zero-order chi connectivity index (χ0) is 12.3. The fourth-order valence-electron chi connectivity index (χ4n) is 1.74. The molecule has 0 aliphatic heterocycles. The molecule has 2 heterocycles. The molecule has 0 fully saturated rings. The number of hydrogen-bond acceptors (Lipinski definition) is 4. The summed E-state index contributed by atoms with van der Waals surface area (Å²) in [6, 6.07) is 1.99. The van der Waals surface area contributed by atoms with Crippen LogP contribution in [0.5, 0.6) is 0 Å². The van der Waals surface area contributed by atoms with Crippen LogP contribution < -0.4 is 5.32 Å². The Balaban J connectivity index is 2.08. The minimum absolute atomic E-state index is 0.242. The highest BCUT2D eigenvalue weighted by atomic mass is 16.3. The number of aliphatic hydroxyl groups is 1. The highest BCUT2D eigenvalue weighted by molar-refractivity contribution is 5.67. The average molecular weight is 234 g/mol. The maximum absolute atomic E-state index is 9.48. The molecule has 0 amide bonds. The maximum atomic E-state index is 9.48. The molecule has 0 saturated heterocycles. The zero-order valence-electron chi connectivity index (χ0n) is 10.2. The molecule has 2 rings (SSSR count). The van der Waals surface area contributed by atoms with Gasteiger partial charge in [0.2, 0.25) is 0 Å². The average Bonchev–Trinajstić information content (AvgIpc) is 2.70. The summed E-state index contributed by atoms with van der Waals surface area (Å²) in [4.78, 5) is 4.29. The molecule has 2 aromatic heterocycles. The second-order valence-corrected chi connectivity index (χ2v) is 4.17. The van der Waals surface area contributed by atoms with Crippen molar-refractivity contribution in [1.82, 2.24) is 14.6 Å². The van der Waals surface area contributed by atoms with Crippen LogP contribution in [0.4, 0.5) is 5.82 Å². The summed E-state index contributed by atoms with van der Waals surface area (Å²) < 4.78 is 1.81. The highest BCUT2D eigenvalue weighted by Crippen LogP contribution is 2.14. The number of rotatable bonds is 5. The van der Waals surface area contributed by atoms with Crippen molar-refractivity contribution in [2.24, 2.45) is 0 Å². The standard InChI is InChI=1S/C12H18N4O/c1-3-10(17)4-5-13-12-11-8-9(2)15-16(11)7-6-14-12/h6-8,10,17H,3-5H2,1-2H3,(H,13,14). The summed E-state index contributed by atoms with van der Waals surface area (Å²) in [5.74, 6) is 0.816. The Labute approximate surface area is 100 Å². The number of anilines is 1. The van der Waals surface area contributed by atoms with Gasteiger partial charge in [0.05, 0.1) is 11.8 Å². The summed E-state index contributed by atoms with van der Waals surface area (Å²) in [5, 5.41) is 17.0. The van der Waals surface area contributed by atoms with Crippen LogP contribution in [0, 0.1) is 6.92 Å². The fourth-order valence-corrected chi connectivity index (χ4v) is 1.74. The summed E-state index contributed by atoms with van der Waals surface area (Å²) >= 11 is 0. The predicted octanol–water partition coefficient (Wildman–Crippen LogP) is 1.61. The Morgan fingerprint density at radius 3 is 3.12 bits per heavy atom. The first-order valence-electron chi connectivity index (χ1n) is 5.93. The SMILES string of the molecule is CCC(O)CCNc1nccn2nc(C)cc12. The molecule has 0 aliphatic rings. The molecule has 0 bridgehead atoms. The minimum atomic E-state index is -0.242. The van der Waals surface area contributed by atoms with Gasteiger partial charge in [-0.1, -0.05) is 6.92 Å². The lowest BCUT2D eigenvalue weighted by molar-refractivity contribution is 0.164. The van der Waals surface area contributed by atoms with E-state index in [9.17, 15) is 5.11 Å². The Bertz CT molecular complexity index is 494. The van der Waals surface area contributed by atoms with Crippen LogP contribution in [-0.4, -0.2) is 32.4 Å². The number of aryl methyl sites for hydroxylation is 1. The molecule has 1 atom stereocenters. The molecule has 5 heteroatoms. The second kappa shape index (κ2) is 5.14. The molecular weight excluding hydrogens is 216 g/mol. The Morgan fingerprint density at radius 2 is 2.35 bits per heavy atom. The van der Waals surface area contributed by atoms with Crippen LogP contribution in [0.1, 0.15) is 25.5 Å². The van der Waals surface area contributed by atoms with Crippen LogP contribution in [0.3, 0.4) is 0 Å². The molecule has 0 spiro atoms. The van der Waals surface area contributed by atoms with Crippen LogP contribution in [-0.2, 0) is 0 Å². The topological polar surface area (TPSA) is 62.5 Å². The molecule has 2 aromatic rings. The van der Waals surface area contributed by atoms with E-state index in [1.54, 1.807) is 10.7 Å². The van der Waals surface area contributed by atoms with Gasteiger partial charge in [-0.05, 0) is 25.8 Å². The van der Waals surface area contributed by atoms with Gasteiger partial charge >= 0.3 is 0 Å². The summed E-state index contributed by atoms with van der Waals surface area (Å²) in [7, 11) is 0. The molecule has 92 valence electrons. The van der Waals surface area contributed by atoms with Gasteiger partial charge in [-0.2, -0.15) is 5.10 Å². The summed E-state index contributed by atoms with van der Waals surface area (Å²) in [5.41, 5.74) is 1.94. The third-order valence-corrected chi connectivity index (χ3v) is 2.75.